The highest BCUT2D eigenvalue weighted by Crippen LogP contribution is 2.33. The summed E-state index contributed by atoms with van der Waals surface area (Å²) in [6, 6.07) is 13.6. The van der Waals surface area contributed by atoms with Crippen LogP contribution in [0.25, 0.3) is 0 Å². The van der Waals surface area contributed by atoms with E-state index in [1.54, 1.807) is 5.06 Å². The van der Waals surface area contributed by atoms with Gasteiger partial charge in [0.2, 0.25) is 0 Å². The fraction of sp³-hybridized carbons (Fsp3) is 0.440. The lowest BCUT2D eigenvalue weighted by Crippen LogP contribution is -2.39. The summed E-state index contributed by atoms with van der Waals surface area (Å²) in [5.74, 6) is 2.55. The van der Waals surface area contributed by atoms with Crippen molar-refractivity contribution in [3.8, 4) is 17.8 Å². The molecule has 1 aliphatic heterocycles. The Kier molecular flexibility index (Phi) is 7.00. The Labute approximate surface area is 190 Å². The van der Waals surface area contributed by atoms with Gasteiger partial charge in [-0.3, -0.25) is 4.84 Å². The summed E-state index contributed by atoms with van der Waals surface area (Å²) in [7, 11) is 0. The Balaban J connectivity index is 1.49. The minimum atomic E-state index is 0.543. The first-order valence-electron chi connectivity index (χ1n) is 11.5. The van der Waals surface area contributed by atoms with Crippen LogP contribution in [-0.2, 0) is 11.4 Å². The van der Waals surface area contributed by atoms with E-state index in [1.807, 2.05) is 48.7 Å². The Hall–Kier alpha value is -3.40. The highest BCUT2D eigenvalue weighted by atomic mass is 16.7. The van der Waals surface area contributed by atoms with E-state index in [0.29, 0.717) is 24.2 Å². The summed E-state index contributed by atoms with van der Waals surface area (Å²) in [5.41, 5.74) is 8.88. The van der Waals surface area contributed by atoms with Crippen LogP contribution >= 0.6 is 0 Å². The van der Waals surface area contributed by atoms with Crippen molar-refractivity contribution >= 4 is 17.3 Å². The summed E-state index contributed by atoms with van der Waals surface area (Å²) < 4.78 is 6.16. The second kappa shape index (κ2) is 10.3. The van der Waals surface area contributed by atoms with Gasteiger partial charge in [-0.05, 0) is 55.5 Å². The second-order valence-electron chi connectivity index (χ2n) is 8.53. The highest BCUT2D eigenvalue weighted by Gasteiger charge is 2.20. The summed E-state index contributed by atoms with van der Waals surface area (Å²) in [6.45, 7) is 4.43. The maximum Gasteiger partial charge on any atom is 0.314 e. The molecule has 0 aromatic heterocycles. The highest BCUT2D eigenvalue weighted by molar-refractivity contribution is 5.83. The molecular weight excluding hydrogens is 402 g/mol. The molecule has 1 heterocycles. The van der Waals surface area contributed by atoms with Crippen molar-refractivity contribution in [1.82, 2.24) is 4.90 Å². The molecule has 7 heteroatoms. The molecule has 2 N–H and O–H groups in total. The van der Waals surface area contributed by atoms with Crippen LogP contribution < -0.4 is 15.5 Å². The molecule has 0 bridgehead atoms. The van der Waals surface area contributed by atoms with E-state index in [4.69, 9.17) is 20.6 Å². The average Bonchev–Trinajstić information content (AvgIpc) is 2.81. The largest absolute Gasteiger partial charge is 0.457 e. The lowest BCUT2D eigenvalue weighted by Gasteiger charge is -2.28. The topological polar surface area (TPSA) is 87.1 Å². The minimum absolute atomic E-state index is 0.543. The van der Waals surface area contributed by atoms with Crippen LogP contribution in [-0.4, -0.2) is 23.9 Å². The molecule has 0 unspecified atom stereocenters. The van der Waals surface area contributed by atoms with Gasteiger partial charge in [0.25, 0.3) is 0 Å². The monoisotopic (exact) mass is 433 g/mol. The van der Waals surface area contributed by atoms with Crippen molar-refractivity contribution in [3.63, 3.8) is 0 Å². The molecule has 4 rings (SSSR count). The number of hydrogen-bond donors (Lipinski definition) is 1. The number of guanidine groups is 1. The van der Waals surface area contributed by atoms with Gasteiger partial charge in [0.1, 0.15) is 11.5 Å². The van der Waals surface area contributed by atoms with Crippen molar-refractivity contribution in [2.24, 2.45) is 16.6 Å². The number of nitrogens with two attached hydrogens (primary N) is 1. The van der Waals surface area contributed by atoms with Gasteiger partial charge in [0, 0.05) is 24.7 Å². The number of ether oxygens (including phenoxy) is 1. The molecule has 1 aliphatic carbocycles. The van der Waals surface area contributed by atoms with Gasteiger partial charge < -0.3 is 15.4 Å². The fourth-order valence-electron chi connectivity index (χ4n) is 4.49. The number of benzene rings is 2. The van der Waals surface area contributed by atoms with Gasteiger partial charge >= 0.3 is 6.26 Å². The van der Waals surface area contributed by atoms with E-state index >= 15 is 0 Å². The molecule has 2 aromatic rings. The first-order chi connectivity index (χ1) is 15.7. The summed E-state index contributed by atoms with van der Waals surface area (Å²) in [4.78, 5) is 11.9. The second-order valence-corrected chi connectivity index (χ2v) is 8.53. The van der Waals surface area contributed by atoms with Crippen molar-refractivity contribution in [2.75, 3.05) is 18.2 Å². The van der Waals surface area contributed by atoms with E-state index in [0.717, 1.165) is 42.2 Å². The van der Waals surface area contributed by atoms with E-state index in [1.165, 1.54) is 32.1 Å². The van der Waals surface area contributed by atoms with Crippen molar-refractivity contribution in [3.05, 3.63) is 48.0 Å². The molecule has 1 saturated carbocycles. The van der Waals surface area contributed by atoms with Crippen LogP contribution in [0.1, 0.15) is 51.0 Å². The van der Waals surface area contributed by atoms with Gasteiger partial charge in [-0.25, -0.2) is 4.99 Å². The molecule has 0 saturated heterocycles. The van der Waals surface area contributed by atoms with Crippen LogP contribution in [0.4, 0.5) is 11.4 Å². The summed E-state index contributed by atoms with van der Waals surface area (Å²) in [5, 5.41) is 10.8. The smallest absolute Gasteiger partial charge is 0.314 e. The Morgan fingerprint density at radius 2 is 1.97 bits per heavy atom. The standard InChI is InChI=1S/C25H31N5O2/c1-2-13-29-17-20-14-23(11-12-24(20)28-25(29)27)32-22-10-6-9-21(15-22)30(31-18-26)16-19-7-4-3-5-8-19/h6,9-12,14-15,19H,2-5,7-8,13,16-17H2,1H3,(H2,27,28). The molecule has 7 nitrogen and oxygen atoms in total. The molecule has 1 fully saturated rings. The number of fused-ring (bicyclic) bond motifs is 1. The van der Waals surface area contributed by atoms with Crippen molar-refractivity contribution in [1.29, 1.82) is 5.26 Å². The van der Waals surface area contributed by atoms with Crippen LogP contribution in [0.15, 0.2) is 47.5 Å². The summed E-state index contributed by atoms with van der Waals surface area (Å²) in [6.07, 6.45) is 9.00. The number of hydrogen-bond acceptors (Lipinski definition) is 7. The maximum absolute atomic E-state index is 9.15. The number of nitrogens with zero attached hydrogens (tertiary/aromatic N) is 4. The number of nitriles is 1. The zero-order valence-corrected chi connectivity index (χ0v) is 18.7. The predicted molar refractivity (Wildman–Crippen MR) is 126 cm³/mol. The third-order valence-electron chi connectivity index (χ3n) is 6.11. The lowest BCUT2D eigenvalue weighted by atomic mass is 9.89. The molecule has 168 valence electrons. The zero-order valence-electron chi connectivity index (χ0n) is 18.7. The van der Waals surface area contributed by atoms with Gasteiger partial charge in [-0.15, -0.1) is 5.26 Å². The van der Waals surface area contributed by atoms with Crippen molar-refractivity contribution < 1.29 is 9.57 Å². The molecular formula is C25H31N5O2. The van der Waals surface area contributed by atoms with Gasteiger partial charge in [0.05, 0.1) is 17.9 Å². The Morgan fingerprint density at radius 3 is 2.75 bits per heavy atom. The van der Waals surface area contributed by atoms with E-state index in [9.17, 15) is 0 Å². The third kappa shape index (κ3) is 5.25. The lowest BCUT2D eigenvalue weighted by molar-refractivity contribution is 0.201. The van der Waals surface area contributed by atoms with E-state index in [-0.39, 0.29) is 0 Å². The first-order valence-corrected chi connectivity index (χ1v) is 11.5. The van der Waals surface area contributed by atoms with Crippen molar-refractivity contribution in [2.45, 2.75) is 52.0 Å². The molecule has 0 atom stereocenters. The Morgan fingerprint density at radius 1 is 1.16 bits per heavy atom. The third-order valence-corrected chi connectivity index (χ3v) is 6.11. The van der Waals surface area contributed by atoms with E-state index in [2.05, 4.69) is 16.8 Å². The summed E-state index contributed by atoms with van der Waals surface area (Å²) >= 11 is 0. The number of hydroxylamine groups is 1. The predicted octanol–water partition coefficient (Wildman–Crippen LogP) is 5.45. The fourth-order valence-corrected chi connectivity index (χ4v) is 4.49. The van der Waals surface area contributed by atoms with Crippen LogP contribution in [0.3, 0.4) is 0 Å². The quantitative estimate of drug-likeness (QED) is 0.440. The molecule has 32 heavy (non-hydrogen) atoms. The molecule has 2 aromatic carbocycles. The number of aliphatic imine (C=N–C) groups is 1. The maximum atomic E-state index is 9.15. The molecule has 0 radical (unpaired) electrons. The zero-order chi connectivity index (χ0) is 22.3. The normalized spacial score (nSPS) is 16.0. The number of anilines is 1. The van der Waals surface area contributed by atoms with Gasteiger partial charge in [-0.1, -0.05) is 32.3 Å². The SMILES string of the molecule is CCCN1Cc2cc(Oc3cccc(N(CC4CCCCC4)OC#N)c3)ccc2N=C1N. The molecule has 2 aliphatic rings. The van der Waals surface area contributed by atoms with Crippen LogP contribution in [0, 0.1) is 17.4 Å². The number of rotatable bonds is 8. The van der Waals surface area contributed by atoms with Gasteiger partial charge in [0.15, 0.2) is 5.96 Å². The minimum Gasteiger partial charge on any atom is -0.457 e. The van der Waals surface area contributed by atoms with Crippen LogP contribution in [0.2, 0.25) is 0 Å². The first kappa shape index (κ1) is 21.8. The van der Waals surface area contributed by atoms with Crippen LogP contribution in [0.5, 0.6) is 11.5 Å². The average molecular weight is 434 g/mol. The molecule has 0 spiro atoms. The van der Waals surface area contributed by atoms with E-state index < -0.39 is 0 Å². The molecule has 0 amide bonds. The van der Waals surface area contributed by atoms with Gasteiger partial charge in [-0.2, -0.15) is 5.06 Å². The Bertz CT molecular complexity index is 994.